The highest BCUT2D eigenvalue weighted by atomic mass is 19.3. The van der Waals surface area contributed by atoms with Gasteiger partial charge in [-0.1, -0.05) is 30.2 Å². The van der Waals surface area contributed by atoms with Crippen LogP contribution in [0.5, 0.6) is 0 Å². The quantitative estimate of drug-likeness (QED) is 0.598. The number of hydrogen-bond acceptors (Lipinski definition) is 1. The van der Waals surface area contributed by atoms with Gasteiger partial charge in [-0.2, -0.15) is 8.78 Å². The molecule has 0 aliphatic heterocycles. The first-order valence-electron chi connectivity index (χ1n) is 5.90. The standard InChI is InChI=1S/C15H14F2O/c16-15(17,14(18)10-5-2-6-11-14)12-9-13-7-3-1-4-8-13/h1,3-5,7-8,10,18H,2,6,11H2. The maximum Gasteiger partial charge on any atom is 0.339 e. The summed E-state index contributed by atoms with van der Waals surface area (Å²) in [6, 6.07) is 8.57. The highest BCUT2D eigenvalue weighted by molar-refractivity contribution is 5.37. The van der Waals surface area contributed by atoms with Crippen molar-refractivity contribution < 1.29 is 13.9 Å². The number of aliphatic hydroxyl groups is 1. The van der Waals surface area contributed by atoms with E-state index < -0.39 is 11.5 Å². The van der Waals surface area contributed by atoms with Gasteiger partial charge in [0.1, 0.15) is 0 Å². The Kier molecular flexibility index (Phi) is 3.49. The maximum atomic E-state index is 13.9. The van der Waals surface area contributed by atoms with Crippen LogP contribution in [-0.2, 0) is 0 Å². The molecular formula is C15H14F2O. The number of hydrogen-bond donors (Lipinski definition) is 1. The minimum atomic E-state index is -3.43. The highest BCUT2D eigenvalue weighted by Gasteiger charge is 2.49. The van der Waals surface area contributed by atoms with E-state index in [1.54, 1.807) is 36.4 Å². The molecule has 94 valence electrons. The summed E-state index contributed by atoms with van der Waals surface area (Å²) in [5.41, 5.74) is -1.62. The van der Waals surface area contributed by atoms with Crippen molar-refractivity contribution in [3.63, 3.8) is 0 Å². The summed E-state index contributed by atoms with van der Waals surface area (Å²) < 4.78 is 27.8. The van der Waals surface area contributed by atoms with Gasteiger partial charge in [0, 0.05) is 5.56 Å². The molecule has 1 nitrogen and oxygen atoms in total. The second-order valence-corrected chi connectivity index (χ2v) is 4.41. The zero-order chi connectivity index (χ0) is 13.1. The van der Waals surface area contributed by atoms with Crippen LogP contribution in [0.3, 0.4) is 0 Å². The van der Waals surface area contributed by atoms with Gasteiger partial charge in [0.2, 0.25) is 0 Å². The first kappa shape index (κ1) is 12.8. The van der Waals surface area contributed by atoms with Crippen molar-refractivity contribution in [3.8, 4) is 11.8 Å². The van der Waals surface area contributed by atoms with E-state index in [0.29, 0.717) is 12.0 Å². The Labute approximate surface area is 105 Å². The molecule has 0 heterocycles. The molecule has 0 saturated heterocycles. The molecule has 1 unspecified atom stereocenters. The van der Waals surface area contributed by atoms with Crippen LogP contribution in [0.1, 0.15) is 24.8 Å². The average Bonchev–Trinajstić information content (AvgIpc) is 2.38. The molecule has 0 radical (unpaired) electrons. The van der Waals surface area contributed by atoms with E-state index in [0.717, 1.165) is 6.42 Å². The van der Waals surface area contributed by atoms with Gasteiger partial charge in [-0.3, -0.25) is 0 Å². The number of alkyl halides is 2. The van der Waals surface area contributed by atoms with Crippen molar-refractivity contribution in [2.75, 3.05) is 0 Å². The van der Waals surface area contributed by atoms with Crippen LogP contribution in [0, 0.1) is 11.8 Å². The van der Waals surface area contributed by atoms with Gasteiger partial charge in [0.05, 0.1) is 0 Å². The van der Waals surface area contributed by atoms with E-state index in [2.05, 4.69) is 5.92 Å². The van der Waals surface area contributed by atoms with Crippen molar-refractivity contribution in [3.05, 3.63) is 48.0 Å². The van der Waals surface area contributed by atoms with Crippen LogP contribution in [0.25, 0.3) is 0 Å². The zero-order valence-electron chi connectivity index (χ0n) is 9.87. The summed E-state index contributed by atoms with van der Waals surface area (Å²) in [5.74, 6) is 0.884. The van der Waals surface area contributed by atoms with Gasteiger partial charge < -0.3 is 5.11 Å². The maximum absolute atomic E-state index is 13.9. The summed E-state index contributed by atoms with van der Waals surface area (Å²) in [6.45, 7) is 0. The van der Waals surface area contributed by atoms with E-state index in [4.69, 9.17) is 0 Å². The lowest BCUT2D eigenvalue weighted by Crippen LogP contribution is -2.46. The Balaban J connectivity index is 2.24. The van der Waals surface area contributed by atoms with E-state index in [1.165, 1.54) is 6.08 Å². The molecule has 18 heavy (non-hydrogen) atoms. The Bertz CT molecular complexity index is 496. The van der Waals surface area contributed by atoms with Gasteiger partial charge in [-0.15, -0.1) is 0 Å². The van der Waals surface area contributed by atoms with Crippen molar-refractivity contribution >= 4 is 0 Å². The predicted octanol–water partition coefficient (Wildman–Crippen LogP) is 3.14. The number of allylic oxidation sites excluding steroid dienone is 1. The Morgan fingerprint density at radius 1 is 1.22 bits per heavy atom. The summed E-state index contributed by atoms with van der Waals surface area (Å²) in [4.78, 5) is 0. The summed E-state index contributed by atoms with van der Waals surface area (Å²) >= 11 is 0. The van der Waals surface area contributed by atoms with Gasteiger partial charge in [-0.05, 0) is 43.4 Å². The fourth-order valence-corrected chi connectivity index (χ4v) is 1.89. The molecule has 0 spiro atoms. The van der Waals surface area contributed by atoms with Crippen molar-refractivity contribution in [1.82, 2.24) is 0 Å². The van der Waals surface area contributed by atoms with Gasteiger partial charge in [-0.25, -0.2) is 0 Å². The van der Waals surface area contributed by atoms with Crippen LogP contribution in [0.15, 0.2) is 42.5 Å². The van der Waals surface area contributed by atoms with Crippen LogP contribution in [0.2, 0.25) is 0 Å². The SMILES string of the molecule is OC1(C(F)(F)C#Cc2ccccc2)C=CCCC1. The second kappa shape index (κ2) is 4.91. The third-order valence-electron chi connectivity index (χ3n) is 3.00. The molecule has 1 aromatic rings. The number of halogens is 2. The lowest BCUT2D eigenvalue weighted by molar-refractivity contribution is -0.119. The van der Waals surface area contributed by atoms with E-state index in [1.807, 2.05) is 5.92 Å². The molecule has 1 N–H and O–H groups in total. The minimum absolute atomic E-state index is 0.0416. The molecule has 0 bridgehead atoms. The summed E-state index contributed by atoms with van der Waals surface area (Å²) in [5, 5.41) is 9.94. The van der Waals surface area contributed by atoms with Crippen LogP contribution < -0.4 is 0 Å². The zero-order valence-corrected chi connectivity index (χ0v) is 9.87. The van der Waals surface area contributed by atoms with Gasteiger partial charge in [0.25, 0.3) is 0 Å². The molecule has 1 aliphatic rings. The molecule has 0 fully saturated rings. The van der Waals surface area contributed by atoms with E-state index >= 15 is 0 Å². The number of rotatable bonds is 1. The molecular weight excluding hydrogens is 234 g/mol. The third-order valence-corrected chi connectivity index (χ3v) is 3.00. The molecule has 1 aromatic carbocycles. The van der Waals surface area contributed by atoms with Crippen LogP contribution in [0.4, 0.5) is 8.78 Å². The Morgan fingerprint density at radius 3 is 2.56 bits per heavy atom. The largest absolute Gasteiger partial charge is 0.378 e. The van der Waals surface area contributed by atoms with Gasteiger partial charge in [0.15, 0.2) is 5.60 Å². The molecule has 0 amide bonds. The fourth-order valence-electron chi connectivity index (χ4n) is 1.89. The molecule has 2 rings (SSSR count). The minimum Gasteiger partial charge on any atom is -0.378 e. The Hall–Kier alpha value is -1.66. The normalized spacial score (nSPS) is 23.3. The van der Waals surface area contributed by atoms with Crippen LogP contribution in [-0.4, -0.2) is 16.6 Å². The monoisotopic (exact) mass is 248 g/mol. The predicted molar refractivity (Wildman–Crippen MR) is 66.2 cm³/mol. The first-order chi connectivity index (χ1) is 8.54. The topological polar surface area (TPSA) is 20.2 Å². The van der Waals surface area contributed by atoms with Crippen molar-refractivity contribution in [1.29, 1.82) is 0 Å². The molecule has 1 aliphatic carbocycles. The van der Waals surface area contributed by atoms with Gasteiger partial charge >= 0.3 is 5.92 Å². The fraction of sp³-hybridized carbons (Fsp3) is 0.333. The van der Waals surface area contributed by atoms with Crippen molar-refractivity contribution in [2.45, 2.75) is 30.8 Å². The van der Waals surface area contributed by atoms with Crippen LogP contribution >= 0.6 is 0 Å². The summed E-state index contributed by atoms with van der Waals surface area (Å²) in [6.07, 6.45) is 4.08. The summed E-state index contributed by atoms with van der Waals surface area (Å²) in [7, 11) is 0. The first-order valence-corrected chi connectivity index (χ1v) is 5.90. The molecule has 0 aromatic heterocycles. The average molecular weight is 248 g/mol. The molecule has 0 saturated carbocycles. The van der Waals surface area contributed by atoms with Crippen molar-refractivity contribution in [2.24, 2.45) is 0 Å². The molecule has 1 atom stereocenters. The molecule has 3 heteroatoms. The highest BCUT2D eigenvalue weighted by Crippen LogP contribution is 2.36. The third kappa shape index (κ3) is 2.60. The second-order valence-electron chi connectivity index (χ2n) is 4.41. The lowest BCUT2D eigenvalue weighted by atomic mass is 9.85. The van der Waals surface area contributed by atoms with E-state index in [-0.39, 0.29) is 6.42 Å². The number of benzene rings is 1. The van der Waals surface area contributed by atoms with E-state index in [9.17, 15) is 13.9 Å². The lowest BCUT2D eigenvalue weighted by Gasteiger charge is -2.31. The smallest absolute Gasteiger partial charge is 0.339 e. The Morgan fingerprint density at radius 2 is 1.94 bits per heavy atom.